The Morgan fingerprint density at radius 2 is 2.15 bits per heavy atom. The largest absolute Gasteiger partial charge is 0.348 e. The maximum Gasteiger partial charge on any atom is 0.252 e. The quantitative estimate of drug-likeness (QED) is 0.876. The summed E-state index contributed by atoms with van der Waals surface area (Å²) in [5, 5.41) is 0. The second-order valence-electron chi connectivity index (χ2n) is 5.93. The lowest BCUT2D eigenvalue weighted by Crippen LogP contribution is -2.30. The van der Waals surface area contributed by atoms with Gasteiger partial charge in [-0.1, -0.05) is 0 Å². The minimum absolute atomic E-state index is 0.134. The van der Waals surface area contributed by atoms with Crippen molar-refractivity contribution in [2.24, 2.45) is 5.92 Å². The normalized spacial score (nSPS) is 22.1. The molecule has 1 saturated carbocycles. The van der Waals surface area contributed by atoms with E-state index in [0.717, 1.165) is 31.5 Å². The van der Waals surface area contributed by atoms with Gasteiger partial charge in [-0.2, -0.15) is 0 Å². The minimum atomic E-state index is -0.134. The number of aromatic amines is 1. The van der Waals surface area contributed by atoms with Gasteiger partial charge >= 0.3 is 0 Å². The summed E-state index contributed by atoms with van der Waals surface area (Å²) in [5.74, 6) is 1.29. The highest BCUT2D eigenvalue weighted by Gasteiger charge is 2.37. The van der Waals surface area contributed by atoms with Crippen LogP contribution in [0.5, 0.6) is 0 Å². The molecule has 1 N–H and O–H groups in total. The molecule has 3 rings (SSSR count). The van der Waals surface area contributed by atoms with Gasteiger partial charge < -0.3 is 9.80 Å². The van der Waals surface area contributed by atoms with E-state index in [1.54, 1.807) is 11.0 Å². The van der Waals surface area contributed by atoms with Crippen LogP contribution in [0.2, 0.25) is 0 Å². The average molecular weight is 276 g/mol. The summed E-state index contributed by atoms with van der Waals surface area (Å²) in [7, 11) is 3.69. The molecule has 6 nitrogen and oxygen atoms in total. The molecule has 1 unspecified atom stereocenters. The van der Waals surface area contributed by atoms with Crippen molar-refractivity contribution in [1.82, 2.24) is 14.9 Å². The lowest BCUT2D eigenvalue weighted by atomic mass is 10.1. The van der Waals surface area contributed by atoms with Crippen LogP contribution in [-0.4, -0.2) is 48.0 Å². The van der Waals surface area contributed by atoms with Gasteiger partial charge in [-0.15, -0.1) is 0 Å². The van der Waals surface area contributed by atoms with Crippen molar-refractivity contribution in [2.45, 2.75) is 25.2 Å². The minimum Gasteiger partial charge on any atom is -0.348 e. The topological polar surface area (TPSA) is 69.3 Å². The molecular weight excluding hydrogens is 256 g/mol. The first kappa shape index (κ1) is 13.1. The zero-order valence-corrected chi connectivity index (χ0v) is 11.9. The number of nitrogens with zero attached hydrogens (tertiary/aromatic N) is 3. The Morgan fingerprint density at radius 1 is 1.40 bits per heavy atom. The van der Waals surface area contributed by atoms with Crippen molar-refractivity contribution in [3.8, 4) is 0 Å². The standard InChI is InChI=1S/C14H20N4O2/c1-17(2)14-15-11(7-12(19)16-14)10-5-6-18(8-10)13(20)9-3-4-9/h7,9-10H,3-6,8H2,1-2H3,(H,15,16,19). The summed E-state index contributed by atoms with van der Waals surface area (Å²) in [6.45, 7) is 1.48. The third kappa shape index (κ3) is 2.55. The maximum atomic E-state index is 12.1. The molecule has 1 aliphatic heterocycles. The van der Waals surface area contributed by atoms with E-state index in [1.807, 2.05) is 19.0 Å². The number of anilines is 1. The van der Waals surface area contributed by atoms with Crippen molar-refractivity contribution in [3.05, 3.63) is 22.1 Å². The maximum absolute atomic E-state index is 12.1. The number of hydrogen-bond acceptors (Lipinski definition) is 4. The first-order valence-corrected chi connectivity index (χ1v) is 7.12. The molecule has 108 valence electrons. The van der Waals surface area contributed by atoms with Gasteiger partial charge in [-0.25, -0.2) is 4.98 Å². The first-order chi connectivity index (χ1) is 9.54. The summed E-state index contributed by atoms with van der Waals surface area (Å²) in [5.41, 5.74) is 0.661. The van der Waals surface area contributed by atoms with Crippen molar-refractivity contribution in [3.63, 3.8) is 0 Å². The van der Waals surface area contributed by atoms with Crippen LogP contribution in [0.25, 0.3) is 0 Å². The molecule has 1 aliphatic carbocycles. The number of likely N-dealkylation sites (tertiary alicyclic amines) is 1. The summed E-state index contributed by atoms with van der Waals surface area (Å²) in [4.78, 5) is 34.7. The van der Waals surface area contributed by atoms with E-state index in [0.29, 0.717) is 12.5 Å². The van der Waals surface area contributed by atoms with E-state index in [9.17, 15) is 9.59 Å². The van der Waals surface area contributed by atoms with Crippen molar-refractivity contribution < 1.29 is 4.79 Å². The molecule has 1 amide bonds. The Kier molecular flexibility index (Phi) is 3.23. The molecular formula is C14H20N4O2. The Bertz CT molecular complexity index is 577. The molecule has 0 spiro atoms. The molecule has 2 aliphatic rings. The lowest BCUT2D eigenvalue weighted by molar-refractivity contribution is -0.131. The van der Waals surface area contributed by atoms with E-state index in [2.05, 4.69) is 9.97 Å². The Hall–Kier alpha value is -1.85. The van der Waals surface area contributed by atoms with Crippen LogP contribution in [0.15, 0.2) is 10.9 Å². The SMILES string of the molecule is CN(C)c1nc(C2CCN(C(=O)C3CC3)C2)cc(=O)[nH]1. The Balaban J connectivity index is 1.77. The van der Waals surface area contributed by atoms with Gasteiger partial charge in [0.15, 0.2) is 0 Å². The summed E-state index contributed by atoms with van der Waals surface area (Å²) in [6.07, 6.45) is 2.96. The van der Waals surface area contributed by atoms with Crippen molar-refractivity contribution in [1.29, 1.82) is 0 Å². The molecule has 2 heterocycles. The fourth-order valence-electron chi connectivity index (χ4n) is 2.67. The van der Waals surface area contributed by atoms with Crippen LogP contribution >= 0.6 is 0 Å². The zero-order chi connectivity index (χ0) is 14.3. The molecule has 1 atom stereocenters. The molecule has 2 fully saturated rings. The number of carbonyl (C=O) groups is 1. The molecule has 1 aromatic rings. The third-order valence-corrected chi connectivity index (χ3v) is 4.02. The molecule has 1 aromatic heterocycles. The number of aromatic nitrogens is 2. The number of H-pyrrole nitrogens is 1. The average Bonchev–Trinajstić information content (AvgIpc) is 3.14. The second-order valence-corrected chi connectivity index (χ2v) is 5.93. The third-order valence-electron chi connectivity index (χ3n) is 4.02. The summed E-state index contributed by atoms with van der Waals surface area (Å²) in [6, 6.07) is 1.56. The smallest absolute Gasteiger partial charge is 0.252 e. The van der Waals surface area contributed by atoms with Gasteiger partial charge in [0.25, 0.3) is 5.56 Å². The molecule has 0 radical (unpaired) electrons. The Labute approximate surface area is 117 Å². The van der Waals surface area contributed by atoms with Crippen LogP contribution in [-0.2, 0) is 4.79 Å². The number of rotatable bonds is 3. The van der Waals surface area contributed by atoms with E-state index in [-0.39, 0.29) is 23.3 Å². The molecule has 0 bridgehead atoms. The van der Waals surface area contributed by atoms with Crippen LogP contribution in [0, 0.1) is 5.92 Å². The zero-order valence-electron chi connectivity index (χ0n) is 11.9. The number of amides is 1. The van der Waals surface area contributed by atoms with Gasteiger partial charge in [0.2, 0.25) is 11.9 Å². The fraction of sp³-hybridized carbons (Fsp3) is 0.643. The predicted molar refractivity (Wildman–Crippen MR) is 75.8 cm³/mol. The summed E-state index contributed by atoms with van der Waals surface area (Å²) < 4.78 is 0. The van der Waals surface area contributed by atoms with E-state index >= 15 is 0 Å². The van der Waals surface area contributed by atoms with Crippen LogP contribution < -0.4 is 10.5 Å². The van der Waals surface area contributed by atoms with Gasteiger partial charge in [-0.05, 0) is 19.3 Å². The van der Waals surface area contributed by atoms with E-state index in [4.69, 9.17) is 0 Å². The highest BCUT2D eigenvalue weighted by atomic mass is 16.2. The van der Waals surface area contributed by atoms with Gasteiger partial charge in [0.05, 0.1) is 5.69 Å². The lowest BCUT2D eigenvalue weighted by Gasteiger charge is -2.17. The van der Waals surface area contributed by atoms with Crippen LogP contribution in [0.1, 0.15) is 30.9 Å². The van der Waals surface area contributed by atoms with E-state index in [1.165, 1.54) is 0 Å². The first-order valence-electron chi connectivity index (χ1n) is 7.12. The second kappa shape index (κ2) is 4.92. The van der Waals surface area contributed by atoms with Gasteiger partial charge in [-0.3, -0.25) is 14.6 Å². The fourth-order valence-corrected chi connectivity index (χ4v) is 2.67. The van der Waals surface area contributed by atoms with Crippen molar-refractivity contribution in [2.75, 3.05) is 32.1 Å². The van der Waals surface area contributed by atoms with Gasteiger partial charge in [0, 0.05) is 45.1 Å². The molecule has 0 aromatic carbocycles. The summed E-state index contributed by atoms with van der Waals surface area (Å²) >= 11 is 0. The molecule has 20 heavy (non-hydrogen) atoms. The number of hydrogen-bond donors (Lipinski definition) is 1. The number of nitrogens with one attached hydrogen (secondary N) is 1. The molecule has 6 heteroatoms. The highest BCUT2D eigenvalue weighted by molar-refractivity contribution is 5.81. The van der Waals surface area contributed by atoms with Crippen LogP contribution in [0.4, 0.5) is 5.95 Å². The Morgan fingerprint density at radius 3 is 2.80 bits per heavy atom. The predicted octanol–water partition coefficient (Wildman–Crippen LogP) is 0.562. The highest BCUT2D eigenvalue weighted by Crippen LogP contribution is 2.34. The van der Waals surface area contributed by atoms with Gasteiger partial charge in [0.1, 0.15) is 0 Å². The van der Waals surface area contributed by atoms with Crippen molar-refractivity contribution >= 4 is 11.9 Å². The number of carbonyl (C=O) groups excluding carboxylic acids is 1. The monoisotopic (exact) mass is 276 g/mol. The molecule has 1 saturated heterocycles. The van der Waals surface area contributed by atoms with Crippen LogP contribution in [0.3, 0.4) is 0 Å². The van der Waals surface area contributed by atoms with E-state index < -0.39 is 0 Å².